The van der Waals surface area contributed by atoms with E-state index < -0.39 is 0 Å². The number of aromatic nitrogens is 5. The van der Waals surface area contributed by atoms with Crippen LogP contribution in [0.2, 0.25) is 0 Å². The summed E-state index contributed by atoms with van der Waals surface area (Å²) in [4.78, 5) is 12.3. The van der Waals surface area contributed by atoms with Gasteiger partial charge in [-0.2, -0.15) is 5.10 Å². The Morgan fingerprint density at radius 1 is 1.42 bits per heavy atom. The number of aryl methyl sites for hydroxylation is 1. The predicted octanol–water partition coefficient (Wildman–Crippen LogP) is 1.58. The summed E-state index contributed by atoms with van der Waals surface area (Å²) in [5.74, 6) is 0.300. The molecule has 2 heterocycles. The van der Waals surface area contributed by atoms with E-state index in [-0.39, 0.29) is 11.0 Å². The molecule has 0 saturated carbocycles. The van der Waals surface area contributed by atoms with Crippen LogP contribution in [0.1, 0.15) is 20.8 Å². The van der Waals surface area contributed by atoms with Gasteiger partial charge in [0.2, 0.25) is 0 Å². The van der Waals surface area contributed by atoms with Gasteiger partial charge >= 0.3 is 0 Å². The van der Waals surface area contributed by atoms with E-state index in [1.165, 1.54) is 4.68 Å². The van der Waals surface area contributed by atoms with Gasteiger partial charge in [-0.25, -0.2) is 9.36 Å². The van der Waals surface area contributed by atoms with Crippen LogP contribution in [-0.4, -0.2) is 30.1 Å². The van der Waals surface area contributed by atoms with Crippen molar-refractivity contribution in [2.45, 2.75) is 27.3 Å². The van der Waals surface area contributed by atoms with Crippen molar-refractivity contribution in [1.82, 2.24) is 24.8 Å². The molecule has 19 heavy (non-hydrogen) atoms. The van der Waals surface area contributed by atoms with Gasteiger partial charge in [0.1, 0.15) is 5.39 Å². The van der Waals surface area contributed by atoms with E-state index in [9.17, 15) is 4.79 Å². The van der Waals surface area contributed by atoms with Crippen molar-refractivity contribution in [2.75, 3.05) is 5.33 Å². The molecule has 0 aliphatic rings. The molecule has 0 aromatic carbocycles. The molecule has 0 aliphatic heterocycles. The Kier molecular flexibility index (Phi) is 3.75. The maximum atomic E-state index is 12.3. The second-order valence-electron chi connectivity index (χ2n) is 5.80. The number of halogens is 1. The summed E-state index contributed by atoms with van der Waals surface area (Å²) in [6.07, 6.45) is 1.54. The first-order chi connectivity index (χ1) is 8.84. The number of hydrogen-bond acceptors (Lipinski definition) is 4. The van der Waals surface area contributed by atoms with Crippen LogP contribution in [-0.2, 0) is 13.6 Å². The van der Waals surface area contributed by atoms with Gasteiger partial charge in [0.05, 0.1) is 12.7 Å². The third-order valence-electron chi connectivity index (χ3n) is 3.42. The first kappa shape index (κ1) is 14.2. The molecule has 104 valence electrons. The Balaban J connectivity index is 2.41. The predicted molar refractivity (Wildman–Crippen MR) is 77.3 cm³/mol. The molecule has 0 N–H and O–H groups in total. The van der Waals surface area contributed by atoms with Gasteiger partial charge in [0, 0.05) is 12.4 Å². The quantitative estimate of drug-likeness (QED) is 0.803. The molecule has 0 spiro atoms. The van der Waals surface area contributed by atoms with E-state index in [1.54, 1.807) is 17.9 Å². The third kappa shape index (κ3) is 2.70. The average molecular weight is 328 g/mol. The van der Waals surface area contributed by atoms with Crippen LogP contribution in [0.3, 0.4) is 0 Å². The molecule has 1 unspecified atom stereocenters. The van der Waals surface area contributed by atoms with Crippen molar-refractivity contribution in [3.63, 3.8) is 0 Å². The molecule has 2 aromatic rings. The maximum Gasteiger partial charge on any atom is 0.280 e. The first-order valence-corrected chi connectivity index (χ1v) is 7.28. The Morgan fingerprint density at radius 2 is 2.11 bits per heavy atom. The lowest BCUT2D eigenvalue weighted by molar-refractivity contribution is 0.226. The minimum atomic E-state index is -0.131. The summed E-state index contributed by atoms with van der Waals surface area (Å²) in [6, 6.07) is 0. The SMILES string of the molecule is Cn1ncc2c(=O)n(CC(CBr)C(C)(C)C)nnc21. The summed E-state index contributed by atoms with van der Waals surface area (Å²) in [5, 5.41) is 13.4. The van der Waals surface area contributed by atoms with Gasteiger partial charge in [-0.1, -0.05) is 41.9 Å². The molecule has 6 nitrogen and oxygen atoms in total. The molecule has 7 heteroatoms. The minimum absolute atomic E-state index is 0.0918. The normalized spacial score (nSPS) is 13.9. The molecule has 2 rings (SSSR count). The Bertz CT molecular complexity index is 640. The minimum Gasteiger partial charge on any atom is -0.267 e. The summed E-state index contributed by atoms with van der Waals surface area (Å²) < 4.78 is 2.99. The zero-order chi connectivity index (χ0) is 14.2. The fourth-order valence-corrected chi connectivity index (χ4v) is 3.03. The van der Waals surface area contributed by atoms with Crippen molar-refractivity contribution < 1.29 is 0 Å². The Morgan fingerprint density at radius 3 is 2.68 bits per heavy atom. The van der Waals surface area contributed by atoms with Crippen molar-refractivity contribution in [1.29, 1.82) is 0 Å². The van der Waals surface area contributed by atoms with E-state index >= 15 is 0 Å². The summed E-state index contributed by atoms with van der Waals surface area (Å²) in [6.45, 7) is 7.01. The highest BCUT2D eigenvalue weighted by Crippen LogP contribution is 2.28. The molecule has 1 atom stereocenters. The molecule has 0 fully saturated rings. The van der Waals surface area contributed by atoms with E-state index in [2.05, 4.69) is 52.1 Å². The molecule has 0 radical (unpaired) electrons. The van der Waals surface area contributed by atoms with Gasteiger partial charge < -0.3 is 0 Å². The fourth-order valence-electron chi connectivity index (χ4n) is 1.86. The number of fused-ring (bicyclic) bond motifs is 1. The topological polar surface area (TPSA) is 65.6 Å². The van der Waals surface area contributed by atoms with Crippen LogP contribution in [0.4, 0.5) is 0 Å². The summed E-state index contributed by atoms with van der Waals surface area (Å²) in [5.41, 5.74) is 0.481. The molecular formula is C12H18BrN5O. The third-order valence-corrected chi connectivity index (χ3v) is 4.21. The Labute approximate surface area is 119 Å². The fraction of sp³-hybridized carbons (Fsp3) is 0.667. The number of hydrogen-bond donors (Lipinski definition) is 0. The van der Waals surface area contributed by atoms with E-state index in [0.717, 1.165) is 5.33 Å². The van der Waals surface area contributed by atoms with Crippen molar-refractivity contribution in [3.8, 4) is 0 Å². The van der Waals surface area contributed by atoms with Crippen molar-refractivity contribution in [2.24, 2.45) is 18.4 Å². The zero-order valence-electron chi connectivity index (χ0n) is 11.6. The van der Waals surface area contributed by atoms with Crippen LogP contribution in [0, 0.1) is 11.3 Å². The van der Waals surface area contributed by atoms with Gasteiger partial charge in [0.25, 0.3) is 5.56 Å². The molecule has 2 aromatic heterocycles. The lowest BCUT2D eigenvalue weighted by Gasteiger charge is -2.28. The molecule has 0 saturated heterocycles. The lowest BCUT2D eigenvalue weighted by Crippen LogP contribution is -2.33. The largest absolute Gasteiger partial charge is 0.280 e. The average Bonchev–Trinajstić information content (AvgIpc) is 2.69. The smallest absolute Gasteiger partial charge is 0.267 e. The van der Waals surface area contributed by atoms with Crippen molar-refractivity contribution >= 4 is 27.0 Å². The highest BCUT2D eigenvalue weighted by atomic mass is 79.9. The van der Waals surface area contributed by atoms with E-state index in [0.29, 0.717) is 23.5 Å². The molecule has 0 aliphatic carbocycles. The Hall–Kier alpha value is -1.24. The van der Waals surface area contributed by atoms with E-state index in [1.807, 2.05) is 0 Å². The number of alkyl halides is 1. The number of nitrogens with zero attached hydrogens (tertiary/aromatic N) is 5. The highest BCUT2D eigenvalue weighted by molar-refractivity contribution is 9.09. The van der Waals surface area contributed by atoms with Gasteiger partial charge in [-0.05, 0) is 11.3 Å². The van der Waals surface area contributed by atoms with E-state index in [4.69, 9.17) is 0 Å². The molecule has 0 amide bonds. The highest BCUT2D eigenvalue weighted by Gasteiger charge is 2.25. The van der Waals surface area contributed by atoms with Gasteiger partial charge in [0.15, 0.2) is 5.65 Å². The van der Waals surface area contributed by atoms with Gasteiger partial charge in [-0.15, -0.1) is 5.10 Å². The molecule has 0 bridgehead atoms. The number of rotatable bonds is 3. The zero-order valence-corrected chi connectivity index (χ0v) is 13.2. The second kappa shape index (κ2) is 5.03. The van der Waals surface area contributed by atoms with Crippen LogP contribution in [0.25, 0.3) is 11.0 Å². The van der Waals surface area contributed by atoms with Crippen LogP contribution in [0.5, 0.6) is 0 Å². The maximum absolute atomic E-state index is 12.3. The standard InChI is InChI=1S/C12H18BrN5O/c1-12(2,3)8(5-13)7-18-11(19)9-6-14-17(4)10(9)15-16-18/h6,8H,5,7H2,1-4H3. The van der Waals surface area contributed by atoms with Crippen LogP contribution in [0.15, 0.2) is 11.0 Å². The lowest BCUT2D eigenvalue weighted by atomic mass is 9.82. The summed E-state index contributed by atoms with van der Waals surface area (Å²) in [7, 11) is 1.75. The monoisotopic (exact) mass is 327 g/mol. The summed E-state index contributed by atoms with van der Waals surface area (Å²) >= 11 is 3.51. The molecular weight excluding hydrogens is 310 g/mol. The van der Waals surface area contributed by atoms with Crippen LogP contribution < -0.4 is 5.56 Å². The van der Waals surface area contributed by atoms with Gasteiger partial charge in [-0.3, -0.25) is 4.79 Å². The second-order valence-corrected chi connectivity index (χ2v) is 6.45. The van der Waals surface area contributed by atoms with Crippen LogP contribution >= 0.6 is 15.9 Å². The van der Waals surface area contributed by atoms with Crippen molar-refractivity contribution in [3.05, 3.63) is 16.6 Å². The first-order valence-electron chi connectivity index (χ1n) is 6.16.